The van der Waals surface area contributed by atoms with Crippen molar-refractivity contribution >= 4 is 11.6 Å². The number of carbonyl (C=O) groups excluding carboxylic acids is 1. The lowest BCUT2D eigenvalue weighted by molar-refractivity contribution is 0.102. The van der Waals surface area contributed by atoms with Gasteiger partial charge in [0.05, 0.1) is 30.8 Å². The highest BCUT2D eigenvalue weighted by Gasteiger charge is 2.14. The van der Waals surface area contributed by atoms with Crippen molar-refractivity contribution in [3.05, 3.63) is 35.3 Å². The quantitative estimate of drug-likeness (QED) is 0.910. The molecule has 1 N–H and O–H groups in total. The van der Waals surface area contributed by atoms with Crippen molar-refractivity contribution < 1.29 is 14.3 Å². The second kappa shape index (κ2) is 6.84. The number of amides is 1. The van der Waals surface area contributed by atoms with Gasteiger partial charge in [0.25, 0.3) is 5.91 Å². The van der Waals surface area contributed by atoms with Crippen LogP contribution in [0, 0.1) is 13.8 Å². The van der Waals surface area contributed by atoms with E-state index in [0.717, 1.165) is 0 Å². The van der Waals surface area contributed by atoms with Crippen LogP contribution < -0.4 is 14.8 Å². The zero-order valence-corrected chi connectivity index (χ0v) is 13.0. The van der Waals surface area contributed by atoms with Gasteiger partial charge >= 0.3 is 6.01 Å². The molecule has 0 aliphatic carbocycles. The number of aryl methyl sites for hydroxylation is 2. The van der Waals surface area contributed by atoms with Gasteiger partial charge in [0.1, 0.15) is 0 Å². The van der Waals surface area contributed by atoms with Crippen molar-refractivity contribution in [2.75, 3.05) is 19.0 Å². The third kappa shape index (κ3) is 3.49. The number of anilines is 1. The summed E-state index contributed by atoms with van der Waals surface area (Å²) in [5, 5.41) is 2.81. The normalized spacial score (nSPS) is 10.2. The molecule has 0 aliphatic rings. The minimum absolute atomic E-state index is 0.278. The number of nitrogens with zero attached hydrogens (tertiary/aromatic N) is 3. The van der Waals surface area contributed by atoms with Gasteiger partial charge in [-0.2, -0.15) is 9.97 Å². The molecule has 0 unspecified atom stereocenters. The first-order valence-electron chi connectivity index (χ1n) is 6.84. The van der Waals surface area contributed by atoms with E-state index in [1.54, 1.807) is 26.0 Å². The van der Waals surface area contributed by atoms with Crippen LogP contribution in [0.4, 0.5) is 5.69 Å². The van der Waals surface area contributed by atoms with E-state index in [4.69, 9.17) is 9.47 Å². The van der Waals surface area contributed by atoms with Gasteiger partial charge in [0.2, 0.25) is 5.88 Å². The molecule has 2 heterocycles. The third-order valence-corrected chi connectivity index (χ3v) is 2.97. The Morgan fingerprint density at radius 1 is 1.27 bits per heavy atom. The van der Waals surface area contributed by atoms with E-state index in [-0.39, 0.29) is 5.91 Å². The van der Waals surface area contributed by atoms with E-state index in [1.165, 1.54) is 13.3 Å². The molecule has 0 aliphatic heterocycles. The lowest BCUT2D eigenvalue weighted by atomic mass is 10.2. The van der Waals surface area contributed by atoms with Gasteiger partial charge in [-0.1, -0.05) is 0 Å². The third-order valence-electron chi connectivity index (χ3n) is 2.97. The Hall–Kier alpha value is -2.70. The van der Waals surface area contributed by atoms with E-state index in [1.807, 2.05) is 6.92 Å². The Bertz CT molecular complexity index is 665. The molecule has 0 saturated carbocycles. The van der Waals surface area contributed by atoms with Gasteiger partial charge in [-0.05, 0) is 26.8 Å². The first-order chi connectivity index (χ1) is 10.5. The fraction of sp³-hybridized carbons (Fsp3) is 0.333. The summed E-state index contributed by atoms with van der Waals surface area (Å²) >= 11 is 0. The summed E-state index contributed by atoms with van der Waals surface area (Å²) in [6.45, 7) is 5.93. The van der Waals surface area contributed by atoms with Crippen molar-refractivity contribution in [3.63, 3.8) is 0 Å². The number of rotatable bonds is 5. The molecule has 7 heteroatoms. The predicted molar refractivity (Wildman–Crippen MR) is 81.4 cm³/mol. The van der Waals surface area contributed by atoms with Crippen molar-refractivity contribution in [2.45, 2.75) is 20.8 Å². The standard InChI is InChI=1S/C15H18N4O3/c1-5-22-15-17-9(2)13(10(3)18-15)19-14(20)11-6-7-16-12(8-11)21-4/h6-8H,5H2,1-4H3,(H,19,20). The monoisotopic (exact) mass is 302 g/mol. The Labute approximate surface area is 128 Å². The van der Waals surface area contributed by atoms with Crippen LogP contribution in [0.2, 0.25) is 0 Å². The number of aromatic nitrogens is 3. The van der Waals surface area contributed by atoms with E-state index in [9.17, 15) is 4.79 Å². The molecule has 0 radical (unpaired) electrons. The fourth-order valence-corrected chi connectivity index (χ4v) is 1.91. The molecule has 0 atom stereocenters. The molecule has 116 valence electrons. The highest BCUT2D eigenvalue weighted by molar-refractivity contribution is 6.04. The highest BCUT2D eigenvalue weighted by atomic mass is 16.5. The number of nitrogens with one attached hydrogen (secondary N) is 1. The predicted octanol–water partition coefficient (Wildman–Crippen LogP) is 2.15. The number of hydrogen-bond acceptors (Lipinski definition) is 6. The summed E-state index contributed by atoms with van der Waals surface area (Å²) in [6, 6.07) is 3.48. The molecule has 0 saturated heterocycles. The molecule has 0 fully saturated rings. The minimum atomic E-state index is -0.278. The van der Waals surface area contributed by atoms with Crippen LogP contribution in [0.1, 0.15) is 28.7 Å². The molecule has 2 rings (SSSR count). The smallest absolute Gasteiger partial charge is 0.316 e. The van der Waals surface area contributed by atoms with Gasteiger partial charge in [0, 0.05) is 17.8 Å². The summed E-state index contributed by atoms with van der Waals surface area (Å²) < 4.78 is 10.3. The van der Waals surface area contributed by atoms with Gasteiger partial charge in [0.15, 0.2) is 0 Å². The zero-order chi connectivity index (χ0) is 16.1. The largest absolute Gasteiger partial charge is 0.481 e. The van der Waals surface area contributed by atoms with Crippen LogP contribution in [-0.4, -0.2) is 34.6 Å². The Balaban J connectivity index is 2.24. The van der Waals surface area contributed by atoms with Gasteiger partial charge in [-0.25, -0.2) is 4.98 Å². The van der Waals surface area contributed by atoms with Crippen LogP contribution in [0.25, 0.3) is 0 Å². The van der Waals surface area contributed by atoms with Crippen LogP contribution in [0.15, 0.2) is 18.3 Å². The van der Waals surface area contributed by atoms with Crippen molar-refractivity contribution in [1.29, 1.82) is 0 Å². The summed E-state index contributed by atoms with van der Waals surface area (Å²) in [5.41, 5.74) is 2.31. The maximum atomic E-state index is 12.3. The maximum absolute atomic E-state index is 12.3. The topological polar surface area (TPSA) is 86.2 Å². The average Bonchev–Trinajstić information content (AvgIpc) is 2.51. The Morgan fingerprint density at radius 2 is 1.95 bits per heavy atom. The van der Waals surface area contributed by atoms with Crippen LogP contribution in [0.5, 0.6) is 11.9 Å². The van der Waals surface area contributed by atoms with E-state index in [0.29, 0.717) is 41.1 Å². The number of carbonyl (C=O) groups is 1. The zero-order valence-electron chi connectivity index (χ0n) is 13.0. The summed E-state index contributed by atoms with van der Waals surface area (Å²) in [7, 11) is 1.50. The van der Waals surface area contributed by atoms with E-state index < -0.39 is 0 Å². The van der Waals surface area contributed by atoms with Crippen molar-refractivity contribution in [1.82, 2.24) is 15.0 Å². The number of hydrogen-bond donors (Lipinski definition) is 1. The average molecular weight is 302 g/mol. The molecule has 22 heavy (non-hydrogen) atoms. The molecule has 0 bridgehead atoms. The first kappa shape index (κ1) is 15.7. The second-order valence-corrected chi connectivity index (χ2v) is 4.53. The Morgan fingerprint density at radius 3 is 2.55 bits per heavy atom. The van der Waals surface area contributed by atoms with E-state index >= 15 is 0 Å². The fourth-order valence-electron chi connectivity index (χ4n) is 1.91. The molecular weight excluding hydrogens is 284 g/mol. The lowest BCUT2D eigenvalue weighted by Gasteiger charge is -2.12. The minimum Gasteiger partial charge on any atom is -0.481 e. The van der Waals surface area contributed by atoms with Gasteiger partial charge in [-0.15, -0.1) is 0 Å². The maximum Gasteiger partial charge on any atom is 0.316 e. The van der Waals surface area contributed by atoms with Crippen LogP contribution in [0.3, 0.4) is 0 Å². The van der Waals surface area contributed by atoms with Crippen LogP contribution >= 0.6 is 0 Å². The SMILES string of the molecule is CCOc1nc(C)c(NC(=O)c2ccnc(OC)c2)c(C)n1. The summed E-state index contributed by atoms with van der Waals surface area (Å²) in [4.78, 5) is 24.7. The first-order valence-corrected chi connectivity index (χ1v) is 6.84. The van der Waals surface area contributed by atoms with Crippen molar-refractivity contribution in [2.24, 2.45) is 0 Å². The lowest BCUT2D eigenvalue weighted by Crippen LogP contribution is -2.15. The molecule has 7 nitrogen and oxygen atoms in total. The molecule has 2 aromatic heterocycles. The summed E-state index contributed by atoms with van der Waals surface area (Å²) in [6.07, 6.45) is 1.52. The van der Waals surface area contributed by atoms with Gasteiger partial charge in [-0.3, -0.25) is 4.79 Å². The highest BCUT2D eigenvalue weighted by Crippen LogP contribution is 2.20. The molecular formula is C15H18N4O3. The number of methoxy groups -OCH3 is 1. The van der Waals surface area contributed by atoms with E-state index in [2.05, 4.69) is 20.3 Å². The molecule has 1 amide bonds. The Kier molecular flexibility index (Phi) is 4.88. The van der Waals surface area contributed by atoms with Crippen molar-refractivity contribution in [3.8, 4) is 11.9 Å². The van der Waals surface area contributed by atoms with Crippen LogP contribution in [-0.2, 0) is 0 Å². The molecule has 0 spiro atoms. The van der Waals surface area contributed by atoms with Gasteiger partial charge < -0.3 is 14.8 Å². The number of pyridine rings is 1. The summed E-state index contributed by atoms with van der Waals surface area (Å²) in [5.74, 6) is 0.101. The number of ether oxygens (including phenoxy) is 2. The molecule has 0 aromatic carbocycles. The second-order valence-electron chi connectivity index (χ2n) is 4.53. The molecule has 2 aromatic rings.